The molecule has 0 aliphatic rings. The van der Waals surface area contributed by atoms with Gasteiger partial charge in [-0.25, -0.2) is 0 Å². The molecule has 0 bridgehead atoms. The molecule has 156 valence electrons. The molecule has 0 aromatic heterocycles. The van der Waals surface area contributed by atoms with Crippen molar-refractivity contribution in [2.75, 3.05) is 13.7 Å². The van der Waals surface area contributed by atoms with Gasteiger partial charge in [-0.05, 0) is 59.0 Å². The molecule has 28 heavy (non-hydrogen) atoms. The molecule has 1 nitrogen and oxygen atoms in total. The zero-order valence-electron chi connectivity index (χ0n) is 19.2. The summed E-state index contributed by atoms with van der Waals surface area (Å²) in [6.07, 6.45) is 12.6. The lowest BCUT2D eigenvalue weighted by molar-refractivity contribution is 0.202. The van der Waals surface area contributed by atoms with Crippen molar-refractivity contribution in [3.8, 4) is 0 Å². The lowest BCUT2D eigenvalue weighted by atomic mass is 9.90. The first-order valence-corrected chi connectivity index (χ1v) is 10.5. The minimum absolute atomic E-state index is 0.310. The number of hydrogen-bond donors (Lipinski definition) is 0. The van der Waals surface area contributed by atoms with Gasteiger partial charge in [0.15, 0.2) is 0 Å². The molecule has 0 radical (unpaired) electrons. The zero-order valence-corrected chi connectivity index (χ0v) is 19.2. The van der Waals surface area contributed by atoms with Gasteiger partial charge in [-0.15, -0.1) is 0 Å². The highest BCUT2D eigenvalue weighted by molar-refractivity contribution is 5.53. The van der Waals surface area contributed by atoms with Gasteiger partial charge in [0, 0.05) is 7.11 Å². The van der Waals surface area contributed by atoms with Crippen LogP contribution in [-0.4, -0.2) is 13.7 Å². The Hall–Kier alpha value is -1.86. The Balaban J connectivity index is 5.42. The summed E-state index contributed by atoms with van der Waals surface area (Å²) in [5.41, 5.74) is 6.51. The predicted octanol–water partition coefficient (Wildman–Crippen LogP) is 8.16. The van der Waals surface area contributed by atoms with Crippen LogP contribution in [0.2, 0.25) is 0 Å². The number of allylic oxidation sites excluding steroid dienone is 9. The Morgan fingerprint density at radius 2 is 1.54 bits per heavy atom. The standard InChI is InChI=1S/C27H42O/c1-11-20(4)14-15-22(6)23(7)18-26(13-3)25(9)24(8)19-27(16-17-28-10)21(5)12-2/h14-15,18-20,22H,5,7-9,11-13,16-17H2,1-4,6,10H3/b15-14-,26-18-,27-19-. The van der Waals surface area contributed by atoms with Crippen LogP contribution >= 0.6 is 0 Å². The molecule has 0 N–H and O–H groups in total. The summed E-state index contributed by atoms with van der Waals surface area (Å²) in [7, 11) is 1.72. The Morgan fingerprint density at radius 3 is 2.04 bits per heavy atom. The fraction of sp³-hybridized carbons (Fsp3) is 0.481. The summed E-state index contributed by atoms with van der Waals surface area (Å²) in [4.78, 5) is 0. The van der Waals surface area contributed by atoms with Crippen LogP contribution in [-0.2, 0) is 4.74 Å². The van der Waals surface area contributed by atoms with Crippen LogP contribution in [0.25, 0.3) is 0 Å². The third-order valence-corrected chi connectivity index (χ3v) is 5.28. The van der Waals surface area contributed by atoms with Gasteiger partial charge in [0.1, 0.15) is 0 Å². The molecule has 1 heteroatoms. The van der Waals surface area contributed by atoms with Crippen LogP contribution in [0.3, 0.4) is 0 Å². The Bertz CT molecular complexity index is 639. The minimum Gasteiger partial charge on any atom is -0.384 e. The van der Waals surface area contributed by atoms with E-state index in [1.54, 1.807) is 7.11 Å². The van der Waals surface area contributed by atoms with Crippen molar-refractivity contribution in [2.24, 2.45) is 11.8 Å². The second kappa shape index (κ2) is 14.2. The monoisotopic (exact) mass is 382 g/mol. The lowest BCUT2D eigenvalue weighted by Gasteiger charge is -2.15. The van der Waals surface area contributed by atoms with Crippen LogP contribution in [0.15, 0.2) is 84.1 Å². The second-order valence-electron chi connectivity index (χ2n) is 7.53. The van der Waals surface area contributed by atoms with Crippen LogP contribution in [0.4, 0.5) is 0 Å². The van der Waals surface area contributed by atoms with Gasteiger partial charge >= 0.3 is 0 Å². The molecule has 0 spiro atoms. The van der Waals surface area contributed by atoms with Crippen molar-refractivity contribution in [2.45, 2.75) is 60.3 Å². The normalized spacial score (nSPS) is 14.8. The molecule has 0 aromatic rings. The lowest BCUT2D eigenvalue weighted by Crippen LogP contribution is -1.99. The van der Waals surface area contributed by atoms with E-state index in [9.17, 15) is 0 Å². The molecule has 2 unspecified atom stereocenters. The molecule has 0 fully saturated rings. The van der Waals surface area contributed by atoms with Crippen molar-refractivity contribution < 1.29 is 4.74 Å². The van der Waals surface area contributed by atoms with Gasteiger partial charge in [0.05, 0.1) is 6.61 Å². The summed E-state index contributed by atoms with van der Waals surface area (Å²) >= 11 is 0. The maximum absolute atomic E-state index is 5.24. The highest BCUT2D eigenvalue weighted by Gasteiger charge is 2.09. The van der Waals surface area contributed by atoms with Crippen molar-refractivity contribution in [1.29, 1.82) is 0 Å². The fourth-order valence-corrected chi connectivity index (χ4v) is 2.67. The molecular formula is C27H42O. The Labute approximate surface area is 175 Å². The molecule has 0 saturated carbocycles. The van der Waals surface area contributed by atoms with Gasteiger partial charge in [-0.2, -0.15) is 0 Å². The SMILES string of the molecule is C=C(/C=C(/CCOC)C(=C)CC)C(=C)/C(=C\C(=C)C(C)/C=C\C(C)CC)CC. The first-order valence-electron chi connectivity index (χ1n) is 10.5. The van der Waals surface area contributed by atoms with Gasteiger partial charge in [-0.3, -0.25) is 0 Å². The third-order valence-electron chi connectivity index (χ3n) is 5.28. The fourth-order valence-electron chi connectivity index (χ4n) is 2.67. The van der Waals surface area contributed by atoms with Crippen LogP contribution in [0.5, 0.6) is 0 Å². The highest BCUT2D eigenvalue weighted by atomic mass is 16.5. The first kappa shape index (κ1) is 26.1. The number of hydrogen-bond acceptors (Lipinski definition) is 1. The summed E-state index contributed by atoms with van der Waals surface area (Å²) in [6, 6.07) is 0. The summed E-state index contributed by atoms with van der Waals surface area (Å²) in [5, 5.41) is 0. The molecule has 0 saturated heterocycles. The molecule has 0 aliphatic heterocycles. The van der Waals surface area contributed by atoms with Crippen LogP contribution in [0.1, 0.15) is 60.3 Å². The Kier molecular flexibility index (Phi) is 13.2. The van der Waals surface area contributed by atoms with Gasteiger partial charge in [-0.1, -0.05) is 97.2 Å². The number of methoxy groups -OCH3 is 1. The van der Waals surface area contributed by atoms with Crippen molar-refractivity contribution in [3.05, 3.63) is 84.1 Å². The maximum Gasteiger partial charge on any atom is 0.0502 e. The van der Waals surface area contributed by atoms with E-state index in [1.165, 1.54) is 11.1 Å². The molecule has 0 aliphatic carbocycles. The van der Waals surface area contributed by atoms with Crippen molar-refractivity contribution in [1.82, 2.24) is 0 Å². The maximum atomic E-state index is 5.24. The van der Waals surface area contributed by atoms with E-state index in [1.807, 2.05) is 0 Å². The minimum atomic E-state index is 0.310. The topological polar surface area (TPSA) is 9.23 Å². The van der Waals surface area contributed by atoms with E-state index in [4.69, 9.17) is 4.74 Å². The van der Waals surface area contributed by atoms with Crippen molar-refractivity contribution >= 4 is 0 Å². The summed E-state index contributed by atoms with van der Waals surface area (Å²) in [6.45, 7) is 28.6. The molecular weight excluding hydrogens is 340 g/mol. The average molecular weight is 383 g/mol. The van der Waals surface area contributed by atoms with E-state index >= 15 is 0 Å². The number of ether oxygens (including phenoxy) is 1. The van der Waals surface area contributed by atoms with Gasteiger partial charge in [0.2, 0.25) is 0 Å². The smallest absolute Gasteiger partial charge is 0.0502 e. The van der Waals surface area contributed by atoms with E-state index in [0.717, 1.165) is 48.0 Å². The summed E-state index contributed by atoms with van der Waals surface area (Å²) in [5.74, 6) is 0.909. The highest BCUT2D eigenvalue weighted by Crippen LogP contribution is 2.27. The van der Waals surface area contributed by atoms with E-state index in [0.29, 0.717) is 18.4 Å². The zero-order chi connectivity index (χ0) is 21.7. The van der Waals surface area contributed by atoms with E-state index in [2.05, 4.69) is 85.2 Å². The second-order valence-corrected chi connectivity index (χ2v) is 7.53. The molecule has 0 heterocycles. The molecule has 0 rings (SSSR count). The van der Waals surface area contributed by atoms with Crippen LogP contribution < -0.4 is 0 Å². The average Bonchev–Trinajstić information content (AvgIpc) is 2.70. The molecule has 0 aromatic carbocycles. The van der Waals surface area contributed by atoms with E-state index < -0.39 is 0 Å². The third kappa shape index (κ3) is 9.37. The van der Waals surface area contributed by atoms with Crippen LogP contribution in [0, 0.1) is 11.8 Å². The number of rotatable bonds is 14. The quantitative estimate of drug-likeness (QED) is 0.217. The van der Waals surface area contributed by atoms with Gasteiger partial charge < -0.3 is 4.74 Å². The summed E-state index contributed by atoms with van der Waals surface area (Å²) < 4.78 is 5.24. The van der Waals surface area contributed by atoms with Crippen molar-refractivity contribution in [3.63, 3.8) is 0 Å². The first-order chi connectivity index (χ1) is 13.2. The largest absolute Gasteiger partial charge is 0.384 e. The van der Waals surface area contributed by atoms with Gasteiger partial charge in [0.25, 0.3) is 0 Å². The van der Waals surface area contributed by atoms with E-state index in [-0.39, 0.29) is 0 Å². The predicted molar refractivity (Wildman–Crippen MR) is 128 cm³/mol. The molecule has 0 amide bonds. The molecule has 2 atom stereocenters. The Morgan fingerprint density at radius 1 is 0.893 bits per heavy atom.